The first-order valence-electron chi connectivity index (χ1n) is 11.2. The summed E-state index contributed by atoms with van der Waals surface area (Å²) in [5.74, 6) is 0.365. The highest BCUT2D eigenvalue weighted by Crippen LogP contribution is 2.39. The molecule has 2 heterocycles. The lowest BCUT2D eigenvalue weighted by Crippen LogP contribution is -2.37. The number of sulfonamides is 1. The normalized spacial score (nSPS) is 12.3. The summed E-state index contributed by atoms with van der Waals surface area (Å²) in [6, 6.07) is 5.11. The van der Waals surface area contributed by atoms with Gasteiger partial charge in [-0.25, -0.2) is 23.2 Å². The van der Waals surface area contributed by atoms with Crippen LogP contribution in [0, 0.1) is 6.92 Å². The molecule has 1 amide bonds. The molecule has 1 unspecified atom stereocenters. The van der Waals surface area contributed by atoms with Gasteiger partial charge in [-0.2, -0.15) is 5.10 Å². The van der Waals surface area contributed by atoms with E-state index >= 15 is 0 Å². The molecule has 3 aromatic rings. The maximum atomic E-state index is 11.9. The molecule has 0 fully saturated rings. The first-order valence-corrected chi connectivity index (χ1v) is 13.4. The molecule has 0 radical (unpaired) electrons. The Morgan fingerprint density at radius 2 is 1.94 bits per heavy atom. The Balaban J connectivity index is 2.03. The highest BCUT2D eigenvalue weighted by atomic mass is 35.5. The molecule has 11 nitrogen and oxygen atoms in total. The van der Waals surface area contributed by atoms with Gasteiger partial charge in [-0.15, -0.1) is 0 Å². The van der Waals surface area contributed by atoms with Crippen molar-refractivity contribution >= 4 is 39.4 Å². The number of carbonyl (C=O) groups is 1. The molecule has 0 aliphatic heterocycles. The van der Waals surface area contributed by atoms with E-state index in [-0.39, 0.29) is 22.8 Å². The van der Waals surface area contributed by atoms with Crippen molar-refractivity contribution in [3.63, 3.8) is 0 Å². The van der Waals surface area contributed by atoms with E-state index in [1.54, 1.807) is 23.0 Å². The first-order chi connectivity index (χ1) is 16.9. The van der Waals surface area contributed by atoms with Crippen molar-refractivity contribution in [1.29, 1.82) is 0 Å². The zero-order valence-corrected chi connectivity index (χ0v) is 22.5. The van der Waals surface area contributed by atoms with Crippen LogP contribution in [0.25, 0.3) is 22.5 Å². The molecule has 0 aliphatic carbocycles. The molecule has 0 saturated carbocycles. The number of anilines is 2. The summed E-state index contributed by atoms with van der Waals surface area (Å²) in [6.45, 7) is 8.04. The molecule has 0 bridgehead atoms. The molecule has 0 spiro atoms. The van der Waals surface area contributed by atoms with Crippen molar-refractivity contribution in [3.05, 3.63) is 41.2 Å². The van der Waals surface area contributed by atoms with E-state index in [4.69, 9.17) is 16.7 Å². The zero-order valence-electron chi connectivity index (χ0n) is 21.0. The smallest absolute Gasteiger partial charge is 0.407 e. The number of carbonyl (C=O) groups excluding carboxylic acids is 1. The third-order valence-electron chi connectivity index (χ3n) is 5.08. The van der Waals surface area contributed by atoms with Gasteiger partial charge in [0, 0.05) is 42.1 Å². The average Bonchev–Trinajstić information content (AvgIpc) is 3.25. The molecule has 1 atom stereocenters. The predicted molar refractivity (Wildman–Crippen MR) is 141 cm³/mol. The number of nitrogens with one attached hydrogen (secondary N) is 3. The van der Waals surface area contributed by atoms with Crippen LogP contribution in [0.5, 0.6) is 0 Å². The average molecular weight is 536 g/mol. The quantitative estimate of drug-likeness (QED) is 0.372. The Morgan fingerprint density at radius 3 is 2.58 bits per heavy atom. The number of methoxy groups -OCH3 is 1. The van der Waals surface area contributed by atoms with Gasteiger partial charge in [-0.3, -0.25) is 9.40 Å². The van der Waals surface area contributed by atoms with E-state index in [0.717, 1.165) is 11.8 Å². The molecule has 2 aromatic heterocycles. The first kappa shape index (κ1) is 27.2. The SMILES string of the molecule is COC(=O)NC(C)CNc1nccc(-c2cn(C(C)C)nc2-c2cc(C)cc(NS(C)(=O)=O)c2Cl)n1. The number of ether oxygens (including phenoxy) is 1. The molecule has 13 heteroatoms. The van der Waals surface area contributed by atoms with Crippen molar-refractivity contribution in [3.8, 4) is 22.5 Å². The number of aryl methyl sites for hydroxylation is 1. The maximum Gasteiger partial charge on any atom is 0.407 e. The van der Waals surface area contributed by atoms with Crippen LogP contribution in [-0.4, -0.2) is 60.2 Å². The Labute approximate surface area is 215 Å². The van der Waals surface area contributed by atoms with Crippen molar-refractivity contribution in [2.24, 2.45) is 0 Å². The molecule has 3 rings (SSSR count). The number of nitrogens with zero attached hydrogens (tertiary/aromatic N) is 4. The molecular formula is C23H30ClN7O4S. The number of benzene rings is 1. The summed E-state index contributed by atoms with van der Waals surface area (Å²) in [6.07, 6.45) is 4.04. The number of rotatable bonds is 9. The molecule has 3 N–H and O–H groups in total. The summed E-state index contributed by atoms with van der Waals surface area (Å²) in [4.78, 5) is 20.3. The molecule has 36 heavy (non-hydrogen) atoms. The van der Waals surface area contributed by atoms with Gasteiger partial charge in [-0.05, 0) is 51.5 Å². The summed E-state index contributed by atoms with van der Waals surface area (Å²) in [5, 5.41) is 10.8. The Morgan fingerprint density at radius 1 is 1.22 bits per heavy atom. The second kappa shape index (κ2) is 11.1. The number of hydrogen-bond donors (Lipinski definition) is 3. The fourth-order valence-corrected chi connectivity index (χ4v) is 4.27. The van der Waals surface area contributed by atoms with Crippen LogP contribution < -0.4 is 15.4 Å². The van der Waals surface area contributed by atoms with Gasteiger partial charge in [0.05, 0.1) is 29.8 Å². The standard InChI is InChI=1S/C23H30ClN7O4S/c1-13(2)31-12-17(18-7-8-25-22(28-18)26-11-15(4)27-23(32)35-5)21(29-31)16-9-14(3)10-19(20(16)24)30-36(6,33)34/h7-10,12-13,15,30H,11H2,1-6H3,(H,27,32)(H,25,26,28). The minimum atomic E-state index is -3.54. The zero-order chi connectivity index (χ0) is 26.6. The van der Waals surface area contributed by atoms with Crippen molar-refractivity contribution < 1.29 is 17.9 Å². The van der Waals surface area contributed by atoms with Crippen LogP contribution in [0.15, 0.2) is 30.6 Å². The largest absolute Gasteiger partial charge is 0.453 e. The van der Waals surface area contributed by atoms with Crippen LogP contribution in [0.2, 0.25) is 5.02 Å². The summed E-state index contributed by atoms with van der Waals surface area (Å²) >= 11 is 6.67. The lowest BCUT2D eigenvalue weighted by molar-refractivity contribution is 0.168. The van der Waals surface area contributed by atoms with Gasteiger partial charge in [-0.1, -0.05) is 11.6 Å². The van der Waals surface area contributed by atoms with Crippen LogP contribution in [-0.2, 0) is 14.8 Å². The third kappa shape index (κ3) is 6.85. The van der Waals surface area contributed by atoms with Gasteiger partial charge in [0.25, 0.3) is 0 Å². The number of aromatic nitrogens is 4. The lowest BCUT2D eigenvalue weighted by atomic mass is 10.0. The molecule has 0 saturated heterocycles. The fourth-order valence-electron chi connectivity index (χ4n) is 3.41. The molecular weight excluding hydrogens is 506 g/mol. The minimum absolute atomic E-state index is 0.0550. The van der Waals surface area contributed by atoms with E-state index in [1.807, 2.05) is 40.0 Å². The van der Waals surface area contributed by atoms with Crippen LogP contribution in [0.4, 0.5) is 16.4 Å². The van der Waals surface area contributed by atoms with Crippen LogP contribution in [0.3, 0.4) is 0 Å². The Bertz CT molecular complexity index is 1360. The van der Waals surface area contributed by atoms with Crippen molar-refractivity contribution in [2.45, 2.75) is 39.8 Å². The molecule has 194 valence electrons. The second-order valence-electron chi connectivity index (χ2n) is 8.70. The number of amides is 1. The minimum Gasteiger partial charge on any atom is -0.453 e. The monoisotopic (exact) mass is 535 g/mol. The third-order valence-corrected chi connectivity index (χ3v) is 6.07. The lowest BCUT2D eigenvalue weighted by Gasteiger charge is -2.14. The summed E-state index contributed by atoms with van der Waals surface area (Å²) < 4.78 is 32.6. The van der Waals surface area contributed by atoms with Crippen LogP contribution in [0.1, 0.15) is 32.4 Å². The highest BCUT2D eigenvalue weighted by molar-refractivity contribution is 7.92. The van der Waals surface area contributed by atoms with E-state index in [1.165, 1.54) is 7.11 Å². The number of hydrogen-bond acceptors (Lipinski definition) is 8. The van der Waals surface area contributed by atoms with E-state index < -0.39 is 16.1 Å². The van der Waals surface area contributed by atoms with Gasteiger partial charge < -0.3 is 15.4 Å². The van der Waals surface area contributed by atoms with Gasteiger partial charge in [0.15, 0.2) is 0 Å². The van der Waals surface area contributed by atoms with E-state index in [2.05, 4.69) is 30.1 Å². The number of halogens is 1. The van der Waals surface area contributed by atoms with Crippen molar-refractivity contribution in [1.82, 2.24) is 25.1 Å². The van der Waals surface area contributed by atoms with Crippen LogP contribution >= 0.6 is 11.6 Å². The summed E-state index contributed by atoms with van der Waals surface area (Å²) in [5.41, 5.74) is 3.51. The Kier molecular flexibility index (Phi) is 8.41. The summed E-state index contributed by atoms with van der Waals surface area (Å²) in [7, 11) is -2.23. The van der Waals surface area contributed by atoms with E-state index in [0.29, 0.717) is 35.0 Å². The Hall–Kier alpha value is -3.38. The van der Waals surface area contributed by atoms with E-state index in [9.17, 15) is 13.2 Å². The van der Waals surface area contributed by atoms with Crippen molar-refractivity contribution in [2.75, 3.05) is 29.9 Å². The fraction of sp³-hybridized carbons (Fsp3) is 0.391. The second-order valence-corrected chi connectivity index (χ2v) is 10.8. The van der Waals surface area contributed by atoms with Gasteiger partial charge >= 0.3 is 6.09 Å². The topological polar surface area (TPSA) is 140 Å². The van der Waals surface area contributed by atoms with Gasteiger partial charge in [0.2, 0.25) is 16.0 Å². The highest BCUT2D eigenvalue weighted by Gasteiger charge is 2.21. The molecule has 1 aromatic carbocycles. The molecule has 0 aliphatic rings. The maximum absolute atomic E-state index is 11.9. The predicted octanol–water partition coefficient (Wildman–Crippen LogP) is 4.08. The number of alkyl carbamates (subject to hydrolysis) is 1. The van der Waals surface area contributed by atoms with Gasteiger partial charge in [0.1, 0.15) is 5.69 Å².